The van der Waals surface area contributed by atoms with Gasteiger partial charge in [0.2, 0.25) is 0 Å². The monoisotopic (exact) mass is 584 g/mol. The fraction of sp³-hybridized carbons (Fsp3) is 0.500. The smallest absolute Gasteiger partial charge is 1.00 e. The Labute approximate surface area is 230 Å². The molecule has 35 heavy (non-hydrogen) atoms. The molecule has 2 fully saturated rings. The summed E-state index contributed by atoms with van der Waals surface area (Å²) in [5.74, 6) is 0. The van der Waals surface area contributed by atoms with E-state index in [1.165, 1.54) is 51.4 Å². The van der Waals surface area contributed by atoms with E-state index in [-0.39, 0.29) is 24.8 Å². The van der Waals surface area contributed by atoms with Crippen molar-refractivity contribution in [3.05, 3.63) is 81.9 Å². The molecule has 0 N–H and O–H groups in total. The van der Waals surface area contributed by atoms with Crippen LogP contribution in [0, 0.1) is 0 Å². The average molecular weight is 587 g/mol. The number of rotatable bonds is 8. The second-order valence-electron chi connectivity index (χ2n) is 11.3. The Morgan fingerprint density at radius 2 is 1.09 bits per heavy atom. The predicted molar refractivity (Wildman–Crippen MR) is 139 cm³/mol. The van der Waals surface area contributed by atoms with Gasteiger partial charge in [-0.1, -0.05) is 0 Å². The fourth-order valence-electron chi connectivity index (χ4n) is 8.39. The van der Waals surface area contributed by atoms with E-state index in [9.17, 15) is 0 Å². The van der Waals surface area contributed by atoms with E-state index in [0.717, 1.165) is 14.5 Å². The van der Waals surface area contributed by atoms with Crippen LogP contribution >= 0.6 is 0 Å². The summed E-state index contributed by atoms with van der Waals surface area (Å²) in [4.78, 5) is 0. The Balaban J connectivity index is 0.00000144. The topological polar surface area (TPSA) is 0 Å². The minimum atomic E-state index is -2.70. The second kappa shape index (κ2) is 11.4. The van der Waals surface area contributed by atoms with Crippen LogP contribution in [0.25, 0.3) is 12.2 Å². The molecule has 2 aromatic carbocycles. The number of hydrogen-bond acceptors (Lipinski definition) is 0. The van der Waals surface area contributed by atoms with Gasteiger partial charge in [-0.05, 0) is 0 Å². The Bertz CT molecular complexity index is 1010. The van der Waals surface area contributed by atoms with Crippen molar-refractivity contribution in [3.8, 4) is 0 Å². The molecule has 4 unspecified atom stereocenters. The van der Waals surface area contributed by atoms with E-state index in [1.54, 1.807) is 35.1 Å². The van der Waals surface area contributed by atoms with Crippen molar-refractivity contribution in [2.75, 3.05) is 0 Å². The molecule has 1 saturated carbocycles. The van der Waals surface area contributed by atoms with Crippen LogP contribution in [0.15, 0.2) is 59.7 Å². The SMILES string of the molecule is CCCCC1=Cc2ccccc2[CH]1[Zr+2]1([CH]2C(CCCC)=Cc3ccccc32)[CH]2CCCC[CH]21.[Cl-].[Cl-]. The molecule has 6 rings (SSSR count). The average Bonchev–Trinajstić information content (AvgIpc) is 3.16. The molecule has 4 atom stereocenters. The fourth-order valence-corrected chi connectivity index (χ4v) is 31.6. The summed E-state index contributed by atoms with van der Waals surface area (Å²) < 4.78 is 3.87. The Morgan fingerprint density at radius 3 is 1.51 bits per heavy atom. The van der Waals surface area contributed by atoms with Crippen molar-refractivity contribution in [1.29, 1.82) is 0 Å². The number of allylic oxidation sites excluding steroid dienone is 2. The van der Waals surface area contributed by atoms with Crippen LogP contribution in [0.2, 0.25) is 7.25 Å². The van der Waals surface area contributed by atoms with E-state index in [2.05, 4.69) is 74.5 Å². The number of halogens is 2. The van der Waals surface area contributed by atoms with Gasteiger partial charge in [-0.3, -0.25) is 0 Å². The minimum Gasteiger partial charge on any atom is -1.00 e. The van der Waals surface area contributed by atoms with E-state index in [1.807, 2.05) is 11.1 Å². The molecule has 1 aliphatic heterocycles. The molecule has 2 aromatic rings. The standard InChI is InChI=1S/2C13H15.C6H10.2ClH.Zr/c2*1-2-3-6-11-9-12-7-4-5-8-13(12)10-11;1-2-4-6-5-3-1;;;/h2*4-5,7-10H,2-3,6H2,1H3;1-2H,3-6H2;2*1H;/q;;;;;+2/p-2. The molecule has 0 radical (unpaired) electrons. The molecule has 0 aromatic heterocycles. The van der Waals surface area contributed by atoms with Crippen molar-refractivity contribution in [2.24, 2.45) is 0 Å². The first-order valence-electron chi connectivity index (χ1n) is 13.9. The van der Waals surface area contributed by atoms with Crippen LogP contribution in [0.1, 0.15) is 108 Å². The number of benzene rings is 2. The van der Waals surface area contributed by atoms with Gasteiger partial charge in [-0.25, -0.2) is 0 Å². The van der Waals surface area contributed by atoms with Crippen LogP contribution in [0.5, 0.6) is 0 Å². The maximum Gasteiger partial charge on any atom is -1.00 e. The Morgan fingerprint density at radius 1 is 0.657 bits per heavy atom. The van der Waals surface area contributed by atoms with Crippen LogP contribution in [0.4, 0.5) is 0 Å². The van der Waals surface area contributed by atoms with Crippen molar-refractivity contribution < 1.29 is 45.1 Å². The van der Waals surface area contributed by atoms with Crippen LogP contribution < -0.4 is 24.8 Å². The van der Waals surface area contributed by atoms with Crippen molar-refractivity contribution in [2.45, 2.75) is 92.6 Å². The van der Waals surface area contributed by atoms with Gasteiger partial charge in [-0.2, -0.15) is 0 Å². The first-order chi connectivity index (χ1) is 16.3. The van der Waals surface area contributed by atoms with E-state index in [0.29, 0.717) is 0 Å². The van der Waals surface area contributed by atoms with E-state index >= 15 is 0 Å². The van der Waals surface area contributed by atoms with Gasteiger partial charge >= 0.3 is 207 Å². The summed E-state index contributed by atoms with van der Waals surface area (Å²) in [6.07, 6.45) is 19.4. The van der Waals surface area contributed by atoms with Crippen LogP contribution in [-0.2, 0) is 20.3 Å². The molecular weight excluding hydrogens is 546 g/mol. The van der Waals surface area contributed by atoms with Gasteiger partial charge in [0.05, 0.1) is 0 Å². The molecule has 3 heteroatoms. The summed E-state index contributed by atoms with van der Waals surface area (Å²) in [5, 5.41) is 0. The van der Waals surface area contributed by atoms with Gasteiger partial charge in [-0.15, -0.1) is 0 Å². The van der Waals surface area contributed by atoms with E-state index in [4.69, 9.17) is 0 Å². The number of hydrogen-bond donors (Lipinski definition) is 0. The van der Waals surface area contributed by atoms with Crippen molar-refractivity contribution in [1.82, 2.24) is 0 Å². The van der Waals surface area contributed by atoms with Crippen LogP contribution in [0.3, 0.4) is 0 Å². The van der Waals surface area contributed by atoms with E-state index < -0.39 is 20.3 Å². The molecular formula is C32H40Cl2Zr. The summed E-state index contributed by atoms with van der Waals surface area (Å²) in [7, 11) is 0. The number of unbranched alkanes of at least 4 members (excludes halogenated alkanes) is 2. The maximum atomic E-state index is 2.66. The summed E-state index contributed by atoms with van der Waals surface area (Å²) in [6.45, 7) is 4.73. The van der Waals surface area contributed by atoms with Gasteiger partial charge in [0.15, 0.2) is 0 Å². The van der Waals surface area contributed by atoms with Crippen molar-refractivity contribution in [3.63, 3.8) is 0 Å². The molecule has 0 amide bonds. The first-order valence-corrected chi connectivity index (χ1v) is 19.6. The van der Waals surface area contributed by atoms with Crippen LogP contribution in [-0.4, -0.2) is 0 Å². The molecule has 3 aliphatic carbocycles. The molecule has 186 valence electrons. The molecule has 1 saturated heterocycles. The van der Waals surface area contributed by atoms with Gasteiger partial charge < -0.3 is 24.8 Å². The zero-order valence-corrected chi connectivity index (χ0v) is 25.4. The summed E-state index contributed by atoms with van der Waals surface area (Å²) in [5.41, 5.74) is 10.3. The third kappa shape index (κ3) is 4.41. The zero-order valence-electron chi connectivity index (χ0n) is 21.4. The molecule has 4 aliphatic rings. The minimum absolute atomic E-state index is 0. The maximum absolute atomic E-state index is 2.70. The summed E-state index contributed by atoms with van der Waals surface area (Å²) in [6, 6.07) is 19.1. The normalized spacial score (nSPS) is 27.8. The quantitative estimate of drug-likeness (QED) is 0.439. The third-order valence-corrected chi connectivity index (χ3v) is 26.7. The second-order valence-corrected chi connectivity index (χ2v) is 22.7. The largest absolute Gasteiger partial charge is 1.00 e. The van der Waals surface area contributed by atoms with Crippen molar-refractivity contribution >= 4 is 12.2 Å². The van der Waals surface area contributed by atoms with Gasteiger partial charge in [0, 0.05) is 0 Å². The Kier molecular flexibility index (Phi) is 8.94. The predicted octanol–water partition coefficient (Wildman–Crippen LogP) is 3.97. The first kappa shape index (κ1) is 27.4. The number of fused-ring (bicyclic) bond motifs is 3. The summed E-state index contributed by atoms with van der Waals surface area (Å²) >= 11 is -2.70. The molecule has 0 spiro atoms. The zero-order chi connectivity index (χ0) is 22.4. The van der Waals surface area contributed by atoms with Gasteiger partial charge in [0.1, 0.15) is 0 Å². The Hall–Kier alpha value is -0.617. The van der Waals surface area contributed by atoms with Gasteiger partial charge in [0.25, 0.3) is 0 Å². The molecule has 1 heterocycles. The third-order valence-electron chi connectivity index (χ3n) is 9.62. The molecule has 0 bridgehead atoms. The molecule has 0 nitrogen and oxygen atoms in total.